The number of tetrazole rings is 1. The first-order valence-corrected chi connectivity index (χ1v) is 12.3. The molecule has 0 radical (unpaired) electrons. The van der Waals surface area contributed by atoms with Gasteiger partial charge < -0.3 is 14.8 Å². The van der Waals surface area contributed by atoms with Gasteiger partial charge in [0.05, 0.1) is 19.4 Å². The van der Waals surface area contributed by atoms with Crippen molar-refractivity contribution >= 4 is 24.2 Å². The van der Waals surface area contributed by atoms with Crippen LogP contribution >= 0.6 is 24.2 Å². The molecular formula is C26H30ClN5O2S. The highest BCUT2D eigenvalue weighted by Gasteiger charge is 2.09. The lowest BCUT2D eigenvalue weighted by Crippen LogP contribution is -2.15. The van der Waals surface area contributed by atoms with Gasteiger partial charge in [-0.2, -0.15) is 4.68 Å². The predicted molar refractivity (Wildman–Crippen MR) is 142 cm³/mol. The number of aromatic nitrogens is 4. The summed E-state index contributed by atoms with van der Waals surface area (Å²) < 4.78 is 13.3. The maximum atomic E-state index is 5.96. The summed E-state index contributed by atoms with van der Waals surface area (Å²) in [4.78, 5) is 0. The first-order chi connectivity index (χ1) is 16.8. The van der Waals surface area contributed by atoms with Crippen molar-refractivity contribution in [1.82, 2.24) is 25.5 Å². The Morgan fingerprint density at radius 1 is 0.914 bits per heavy atom. The van der Waals surface area contributed by atoms with Crippen LogP contribution in [0.3, 0.4) is 0 Å². The molecule has 0 aliphatic rings. The summed E-state index contributed by atoms with van der Waals surface area (Å²) in [5, 5.41) is 16.4. The van der Waals surface area contributed by atoms with Crippen LogP contribution in [0.25, 0.3) is 5.69 Å². The first kappa shape index (κ1) is 26.5. The molecule has 0 bridgehead atoms. The van der Waals surface area contributed by atoms with Crippen molar-refractivity contribution in [1.29, 1.82) is 0 Å². The van der Waals surface area contributed by atoms with Crippen LogP contribution in [-0.2, 0) is 13.0 Å². The summed E-state index contributed by atoms with van der Waals surface area (Å²) in [5.41, 5.74) is 3.39. The molecule has 7 nitrogen and oxygen atoms in total. The van der Waals surface area contributed by atoms with Gasteiger partial charge in [-0.25, -0.2) is 0 Å². The fourth-order valence-electron chi connectivity index (χ4n) is 3.46. The molecule has 0 saturated heterocycles. The predicted octanol–water partition coefficient (Wildman–Crippen LogP) is 4.99. The van der Waals surface area contributed by atoms with Crippen molar-refractivity contribution in [3.8, 4) is 17.2 Å². The van der Waals surface area contributed by atoms with E-state index in [4.69, 9.17) is 9.47 Å². The van der Waals surface area contributed by atoms with Gasteiger partial charge in [0.25, 0.3) is 0 Å². The highest BCUT2D eigenvalue weighted by atomic mass is 35.5. The maximum Gasteiger partial charge on any atom is 0.214 e. The standard InChI is InChI=1S/C26H29N5O2S.ClH/c1-32-25-19-22(13-14-24(25)33-17-15-21-9-4-2-5-10-21)20-27-16-8-18-34-26-28-29-30-31(26)23-11-6-3-7-12-23;/h2-7,9-14,19,27H,8,15-18,20H2,1H3;1H. The van der Waals surface area contributed by atoms with E-state index in [0.717, 1.165) is 59.6 Å². The van der Waals surface area contributed by atoms with E-state index in [2.05, 4.69) is 39.0 Å². The minimum Gasteiger partial charge on any atom is -0.493 e. The molecule has 35 heavy (non-hydrogen) atoms. The van der Waals surface area contributed by atoms with Crippen molar-refractivity contribution in [2.75, 3.05) is 26.0 Å². The van der Waals surface area contributed by atoms with Crippen LogP contribution in [0.5, 0.6) is 11.5 Å². The van der Waals surface area contributed by atoms with Gasteiger partial charge in [0, 0.05) is 18.7 Å². The number of ether oxygens (including phenoxy) is 2. The summed E-state index contributed by atoms with van der Waals surface area (Å²) in [6.45, 7) is 2.29. The second-order valence-corrected chi connectivity index (χ2v) is 8.72. The average molecular weight is 512 g/mol. The van der Waals surface area contributed by atoms with E-state index in [9.17, 15) is 0 Å². The molecule has 0 aliphatic heterocycles. The van der Waals surface area contributed by atoms with Gasteiger partial charge in [-0.15, -0.1) is 17.5 Å². The topological polar surface area (TPSA) is 74.1 Å². The molecule has 1 N–H and O–H groups in total. The molecule has 0 amide bonds. The number of benzene rings is 3. The van der Waals surface area contributed by atoms with Gasteiger partial charge in [0.15, 0.2) is 11.5 Å². The van der Waals surface area contributed by atoms with Gasteiger partial charge in [-0.1, -0.05) is 66.4 Å². The highest BCUT2D eigenvalue weighted by molar-refractivity contribution is 7.99. The molecule has 1 heterocycles. The van der Waals surface area contributed by atoms with E-state index in [1.807, 2.05) is 60.7 Å². The quantitative estimate of drug-likeness (QED) is 0.200. The zero-order valence-corrected chi connectivity index (χ0v) is 21.3. The second kappa shape index (κ2) is 14.4. The Morgan fingerprint density at radius 3 is 2.46 bits per heavy atom. The number of nitrogens with one attached hydrogen (secondary N) is 1. The molecule has 4 rings (SSSR count). The largest absolute Gasteiger partial charge is 0.493 e. The third kappa shape index (κ3) is 7.99. The molecule has 0 spiro atoms. The fraction of sp³-hybridized carbons (Fsp3) is 0.269. The minimum absolute atomic E-state index is 0. The van der Waals surface area contributed by atoms with Crippen LogP contribution in [0.1, 0.15) is 17.5 Å². The van der Waals surface area contributed by atoms with Crippen LogP contribution in [0.15, 0.2) is 84.0 Å². The monoisotopic (exact) mass is 511 g/mol. The third-order valence-corrected chi connectivity index (χ3v) is 6.22. The zero-order chi connectivity index (χ0) is 23.4. The van der Waals surface area contributed by atoms with Gasteiger partial charge in [0.2, 0.25) is 5.16 Å². The molecule has 0 saturated carbocycles. The number of methoxy groups -OCH3 is 1. The Balaban J connectivity index is 0.00000342. The van der Waals surface area contributed by atoms with Crippen LogP contribution < -0.4 is 14.8 Å². The molecular weight excluding hydrogens is 482 g/mol. The van der Waals surface area contributed by atoms with E-state index < -0.39 is 0 Å². The van der Waals surface area contributed by atoms with Crippen LogP contribution in [0.2, 0.25) is 0 Å². The average Bonchev–Trinajstić information content (AvgIpc) is 3.36. The summed E-state index contributed by atoms with van der Waals surface area (Å²) in [7, 11) is 1.68. The van der Waals surface area contributed by atoms with Crippen molar-refractivity contribution in [3.63, 3.8) is 0 Å². The van der Waals surface area contributed by atoms with Crippen molar-refractivity contribution < 1.29 is 9.47 Å². The molecule has 0 unspecified atom stereocenters. The lowest BCUT2D eigenvalue weighted by Gasteiger charge is -2.13. The summed E-state index contributed by atoms with van der Waals surface area (Å²) >= 11 is 1.66. The Hall–Kier alpha value is -3.07. The normalized spacial score (nSPS) is 10.5. The van der Waals surface area contributed by atoms with E-state index in [0.29, 0.717) is 6.61 Å². The van der Waals surface area contributed by atoms with E-state index in [-0.39, 0.29) is 12.4 Å². The Labute approximate surface area is 216 Å². The molecule has 4 aromatic rings. The molecule has 9 heteroatoms. The zero-order valence-electron chi connectivity index (χ0n) is 19.7. The van der Waals surface area contributed by atoms with Gasteiger partial charge in [-0.05, 0) is 58.8 Å². The Kier molecular flexibility index (Phi) is 10.9. The van der Waals surface area contributed by atoms with Crippen molar-refractivity contribution in [2.24, 2.45) is 0 Å². The number of para-hydroxylation sites is 1. The van der Waals surface area contributed by atoms with E-state index >= 15 is 0 Å². The van der Waals surface area contributed by atoms with E-state index in [1.165, 1.54) is 5.56 Å². The highest BCUT2D eigenvalue weighted by Crippen LogP contribution is 2.28. The van der Waals surface area contributed by atoms with Gasteiger partial charge >= 0.3 is 0 Å². The molecule has 0 atom stereocenters. The number of hydrogen-bond donors (Lipinski definition) is 1. The number of halogens is 1. The molecule has 3 aromatic carbocycles. The van der Waals surface area contributed by atoms with Crippen molar-refractivity contribution in [2.45, 2.75) is 24.5 Å². The van der Waals surface area contributed by atoms with Crippen LogP contribution in [0, 0.1) is 0 Å². The lowest BCUT2D eigenvalue weighted by molar-refractivity contribution is 0.297. The minimum atomic E-state index is 0. The second-order valence-electron chi connectivity index (χ2n) is 7.66. The third-order valence-electron chi connectivity index (χ3n) is 5.22. The van der Waals surface area contributed by atoms with Crippen molar-refractivity contribution in [3.05, 3.63) is 90.0 Å². The maximum absolute atomic E-state index is 5.96. The molecule has 0 aliphatic carbocycles. The molecule has 0 fully saturated rings. The van der Waals surface area contributed by atoms with Gasteiger partial charge in [-0.3, -0.25) is 0 Å². The van der Waals surface area contributed by atoms with Crippen LogP contribution in [0.4, 0.5) is 0 Å². The smallest absolute Gasteiger partial charge is 0.214 e. The number of hydrogen-bond acceptors (Lipinski definition) is 7. The summed E-state index contributed by atoms with van der Waals surface area (Å²) in [6.07, 6.45) is 1.87. The first-order valence-electron chi connectivity index (χ1n) is 11.3. The SMILES string of the molecule is COc1cc(CNCCCSc2nnnn2-c2ccccc2)ccc1OCCc1ccccc1.Cl. The summed E-state index contributed by atoms with van der Waals surface area (Å²) in [6, 6.07) is 26.4. The Morgan fingerprint density at radius 2 is 1.69 bits per heavy atom. The number of rotatable bonds is 13. The fourth-order valence-corrected chi connectivity index (χ4v) is 4.29. The van der Waals surface area contributed by atoms with Crippen LogP contribution in [-0.4, -0.2) is 46.2 Å². The lowest BCUT2D eigenvalue weighted by atomic mass is 10.1. The Bertz CT molecular complexity index is 1140. The number of thioether (sulfide) groups is 1. The summed E-state index contributed by atoms with van der Waals surface area (Å²) in [5.74, 6) is 2.46. The van der Waals surface area contributed by atoms with E-state index in [1.54, 1.807) is 23.6 Å². The molecule has 184 valence electrons. The van der Waals surface area contributed by atoms with Gasteiger partial charge in [0.1, 0.15) is 0 Å². The number of nitrogens with zero attached hydrogens (tertiary/aromatic N) is 4. The molecule has 1 aromatic heterocycles.